The van der Waals surface area contributed by atoms with E-state index in [9.17, 15) is 22.8 Å². The van der Waals surface area contributed by atoms with Crippen molar-refractivity contribution in [1.29, 1.82) is 0 Å². The van der Waals surface area contributed by atoms with E-state index < -0.39 is 15.7 Å². The van der Waals surface area contributed by atoms with Crippen molar-refractivity contribution in [2.75, 3.05) is 66.0 Å². The summed E-state index contributed by atoms with van der Waals surface area (Å²) in [6, 6.07) is -0.355. The fraction of sp³-hybridized carbons (Fsp3) is 0.850. The van der Waals surface area contributed by atoms with Crippen LogP contribution in [0.4, 0.5) is 4.79 Å². The van der Waals surface area contributed by atoms with Crippen molar-refractivity contribution in [3.8, 4) is 0 Å². The Morgan fingerprint density at radius 1 is 0.938 bits per heavy atom. The molecule has 4 aliphatic rings. The average Bonchev–Trinajstić information content (AvgIpc) is 3.34. The topological polar surface area (TPSA) is 114 Å². The van der Waals surface area contributed by atoms with Gasteiger partial charge in [0.1, 0.15) is 5.54 Å². The van der Waals surface area contributed by atoms with E-state index in [-0.39, 0.29) is 43.9 Å². The van der Waals surface area contributed by atoms with Gasteiger partial charge in [-0.3, -0.25) is 14.5 Å². The molecule has 11 nitrogen and oxygen atoms in total. The number of likely N-dealkylation sites (N-methyl/N-ethyl adjacent to an activating group) is 1. The molecule has 4 rings (SSSR count). The Labute approximate surface area is 189 Å². The zero-order chi connectivity index (χ0) is 22.9. The number of nitrogens with one attached hydrogen (secondary N) is 1. The van der Waals surface area contributed by atoms with Gasteiger partial charge in [-0.2, -0.15) is 17.0 Å². The van der Waals surface area contributed by atoms with Crippen LogP contribution in [-0.4, -0.2) is 121 Å². The van der Waals surface area contributed by atoms with E-state index in [2.05, 4.69) is 10.2 Å². The predicted octanol–water partition coefficient (Wildman–Crippen LogP) is -0.732. The molecular weight excluding hydrogens is 436 g/mol. The number of amides is 4. The molecule has 0 atom stereocenters. The highest BCUT2D eigenvalue weighted by atomic mass is 32.2. The van der Waals surface area contributed by atoms with Gasteiger partial charge in [-0.15, -0.1) is 0 Å². The number of rotatable bonds is 6. The highest BCUT2D eigenvalue weighted by molar-refractivity contribution is 7.86. The lowest BCUT2D eigenvalue weighted by Crippen LogP contribution is -2.57. The molecule has 1 saturated carbocycles. The maximum atomic E-state index is 12.9. The Hall–Kier alpha value is -1.76. The van der Waals surface area contributed by atoms with Crippen molar-refractivity contribution in [1.82, 2.24) is 28.6 Å². The predicted molar refractivity (Wildman–Crippen MR) is 117 cm³/mol. The van der Waals surface area contributed by atoms with Gasteiger partial charge in [0.05, 0.1) is 0 Å². The summed E-state index contributed by atoms with van der Waals surface area (Å²) in [6.45, 7) is 3.94. The summed E-state index contributed by atoms with van der Waals surface area (Å²) in [7, 11) is -1.52. The van der Waals surface area contributed by atoms with Crippen LogP contribution in [0.25, 0.3) is 0 Å². The number of urea groups is 1. The molecule has 0 aromatic rings. The fourth-order valence-electron chi connectivity index (χ4n) is 5.09. The number of nitrogens with zero attached hydrogens (tertiary/aromatic N) is 5. The molecule has 3 aliphatic heterocycles. The first kappa shape index (κ1) is 23.4. The molecule has 0 radical (unpaired) electrons. The number of hydrogen-bond acceptors (Lipinski definition) is 6. The zero-order valence-electron chi connectivity index (χ0n) is 18.8. The second-order valence-electron chi connectivity index (χ2n) is 9.27. The van der Waals surface area contributed by atoms with E-state index >= 15 is 0 Å². The lowest BCUT2D eigenvalue weighted by atomic mass is 9.98. The standard InChI is InChI=1S/C20H34N6O5S/c1-22-9-13-24(14-10-22)32(30,31)25-15-11-23(12-16-25)17(27)5-4-8-26-18(28)20(21-19(26)29)6-2-3-7-20/h2-16H2,1H3,(H,21,29). The average molecular weight is 471 g/mol. The summed E-state index contributed by atoms with van der Waals surface area (Å²) in [4.78, 5) is 42.6. The molecule has 4 amide bonds. The van der Waals surface area contributed by atoms with Crippen LogP contribution in [0.15, 0.2) is 0 Å². The molecule has 1 aliphatic carbocycles. The van der Waals surface area contributed by atoms with E-state index in [1.807, 2.05) is 7.05 Å². The first-order chi connectivity index (χ1) is 15.2. The third kappa shape index (κ3) is 4.50. The minimum Gasteiger partial charge on any atom is -0.340 e. The van der Waals surface area contributed by atoms with Crippen LogP contribution in [-0.2, 0) is 19.8 Å². The molecule has 1 N–H and O–H groups in total. The molecule has 12 heteroatoms. The van der Waals surface area contributed by atoms with Gasteiger partial charge in [-0.05, 0) is 26.3 Å². The van der Waals surface area contributed by atoms with Crippen LogP contribution in [0.1, 0.15) is 38.5 Å². The summed E-state index contributed by atoms with van der Waals surface area (Å²) in [5.41, 5.74) is -0.716. The molecule has 4 fully saturated rings. The minimum absolute atomic E-state index is 0.0655. The summed E-state index contributed by atoms with van der Waals surface area (Å²) >= 11 is 0. The Kier molecular flexibility index (Phi) is 6.76. The molecular formula is C20H34N6O5S. The van der Waals surface area contributed by atoms with Gasteiger partial charge in [0, 0.05) is 65.3 Å². The largest absolute Gasteiger partial charge is 0.340 e. The molecule has 0 unspecified atom stereocenters. The maximum absolute atomic E-state index is 12.9. The van der Waals surface area contributed by atoms with E-state index in [4.69, 9.17) is 0 Å². The highest BCUT2D eigenvalue weighted by Crippen LogP contribution is 2.35. The van der Waals surface area contributed by atoms with Gasteiger partial charge in [-0.25, -0.2) is 4.79 Å². The Morgan fingerprint density at radius 2 is 1.50 bits per heavy atom. The Bertz CT molecular complexity index is 843. The Morgan fingerprint density at radius 3 is 2.09 bits per heavy atom. The van der Waals surface area contributed by atoms with Crippen molar-refractivity contribution in [2.45, 2.75) is 44.1 Å². The molecule has 0 aromatic heterocycles. The summed E-state index contributed by atoms with van der Waals surface area (Å²) in [6.07, 6.45) is 3.90. The zero-order valence-corrected chi connectivity index (χ0v) is 19.6. The molecule has 0 bridgehead atoms. The van der Waals surface area contributed by atoms with Crippen molar-refractivity contribution in [3.63, 3.8) is 0 Å². The van der Waals surface area contributed by atoms with Gasteiger partial charge in [0.25, 0.3) is 16.1 Å². The smallest absolute Gasteiger partial charge is 0.325 e. The Balaban J connectivity index is 1.21. The second kappa shape index (κ2) is 9.24. The van der Waals surface area contributed by atoms with Gasteiger partial charge in [0.15, 0.2) is 0 Å². The lowest BCUT2D eigenvalue weighted by molar-refractivity contribution is -0.134. The number of imide groups is 1. The first-order valence-electron chi connectivity index (χ1n) is 11.6. The summed E-state index contributed by atoms with van der Waals surface area (Å²) in [5.74, 6) is -0.223. The number of piperazine rings is 2. The third-order valence-corrected chi connectivity index (χ3v) is 9.22. The summed E-state index contributed by atoms with van der Waals surface area (Å²) in [5, 5.41) is 2.85. The quantitative estimate of drug-likeness (QED) is 0.512. The normalized spacial score (nSPS) is 25.7. The van der Waals surface area contributed by atoms with E-state index in [0.29, 0.717) is 45.4 Å². The van der Waals surface area contributed by atoms with Gasteiger partial charge in [-0.1, -0.05) is 12.8 Å². The van der Waals surface area contributed by atoms with Gasteiger partial charge >= 0.3 is 6.03 Å². The third-order valence-electron chi connectivity index (χ3n) is 7.18. The molecule has 32 heavy (non-hydrogen) atoms. The van der Waals surface area contributed by atoms with Crippen LogP contribution in [0.5, 0.6) is 0 Å². The van der Waals surface area contributed by atoms with Crippen molar-refractivity contribution < 1.29 is 22.8 Å². The van der Waals surface area contributed by atoms with Gasteiger partial charge < -0.3 is 15.1 Å². The van der Waals surface area contributed by atoms with Crippen molar-refractivity contribution >= 4 is 28.1 Å². The number of carbonyl (C=O) groups excluding carboxylic acids is 3. The highest BCUT2D eigenvalue weighted by Gasteiger charge is 2.52. The maximum Gasteiger partial charge on any atom is 0.325 e. The lowest BCUT2D eigenvalue weighted by Gasteiger charge is -2.39. The first-order valence-corrected chi connectivity index (χ1v) is 13.0. The van der Waals surface area contributed by atoms with Crippen LogP contribution >= 0.6 is 0 Å². The van der Waals surface area contributed by atoms with E-state index in [0.717, 1.165) is 25.9 Å². The molecule has 1 spiro atoms. The molecule has 3 saturated heterocycles. The van der Waals surface area contributed by atoms with Crippen LogP contribution < -0.4 is 5.32 Å². The second-order valence-corrected chi connectivity index (χ2v) is 11.2. The fourth-order valence-corrected chi connectivity index (χ4v) is 6.67. The van der Waals surface area contributed by atoms with E-state index in [1.165, 1.54) is 13.5 Å². The number of hydrogen-bond donors (Lipinski definition) is 1. The molecule has 180 valence electrons. The summed E-state index contributed by atoms with van der Waals surface area (Å²) < 4.78 is 28.7. The van der Waals surface area contributed by atoms with Crippen LogP contribution in [0, 0.1) is 0 Å². The van der Waals surface area contributed by atoms with Crippen molar-refractivity contribution in [3.05, 3.63) is 0 Å². The van der Waals surface area contributed by atoms with Gasteiger partial charge in [0.2, 0.25) is 5.91 Å². The van der Waals surface area contributed by atoms with Crippen LogP contribution in [0.3, 0.4) is 0 Å². The minimum atomic E-state index is -3.50. The molecule has 3 heterocycles. The number of carbonyl (C=O) groups is 3. The van der Waals surface area contributed by atoms with Crippen molar-refractivity contribution in [2.24, 2.45) is 0 Å². The molecule has 0 aromatic carbocycles. The SMILES string of the molecule is CN1CCN(S(=O)(=O)N2CCN(C(=O)CCCN3C(=O)NC4(CCCC4)C3=O)CC2)CC1. The van der Waals surface area contributed by atoms with Crippen LogP contribution in [0.2, 0.25) is 0 Å². The van der Waals surface area contributed by atoms with E-state index in [1.54, 1.807) is 4.90 Å². The monoisotopic (exact) mass is 470 g/mol.